The van der Waals surface area contributed by atoms with E-state index in [1.807, 2.05) is 5.38 Å². The molecule has 0 bridgehead atoms. The lowest BCUT2D eigenvalue weighted by Crippen LogP contribution is -2.18. The van der Waals surface area contributed by atoms with Gasteiger partial charge in [-0.15, -0.1) is 22.7 Å². The Morgan fingerprint density at radius 3 is 2.60 bits per heavy atom. The van der Waals surface area contributed by atoms with Crippen molar-refractivity contribution in [1.82, 2.24) is 5.32 Å². The summed E-state index contributed by atoms with van der Waals surface area (Å²) in [5.74, 6) is -1.02. The Hall–Kier alpha value is -1.30. The third kappa shape index (κ3) is 2.26. The Bertz CT molecular complexity index is 732. The maximum absolute atomic E-state index is 14.1. The van der Waals surface area contributed by atoms with Crippen LogP contribution in [0.2, 0.25) is 0 Å². The second-order valence-corrected chi connectivity index (χ2v) is 6.71. The van der Waals surface area contributed by atoms with Crippen LogP contribution in [0.4, 0.5) is 8.78 Å². The van der Waals surface area contributed by atoms with E-state index in [0.29, 0.717) is 11.1 Å². The highest BCUT2D eigenvalue weighted by Gasteiger charge is 2.20. The molecule has 0 aliphatic rings. The molecule has 0 saturated heterocycles. The van der Waals surface area contributed by atoms with Crippen LogP contribution in [0.3, 0.4) is 0 Å². The fourth-order valence-corrected chi connectivity index (χ4v) is 4.53. The number of nitrogens with one attached hydrogen (secondary N) is 1. The minimum Gasteiger partial charge on any atom is -0.309 e. The fraction of sp³-hybridized carbons (Fsp3) is 0.200. The summed E-state index contributed by atoms with van der Waals surface area (Å²) in [5.41, 5.74) is 0.945. The van der Waals surface area contributed by atoms with Gasteiger partial charge < -0.3 is 5.32 Å². The first kappa shape index (κ1) is 13.7. The first-order chi connectivity index (χ1) is 9.60. The van der Waals surface area contributed by atoms with Crippen LogP contribution in [-0.2, 0) is 0 Å². The molecule has 1 nitrogen and oxygen atoms in total. The van der Waals surface area contributed by atoms with E-state index >= 15 is 0 Å². The van der Waals surface area contributed by atoms with Crippen LogP contribution in [0.1, 0.15) is 22.0 Å². The summed E-state index contributed by atoms with van der Waals surface area (Å²) >= 11 is 3.31. The van der Waals surface area contributed by atoms with E-state index in [9.17, 15) is 8.78 Å². The van der Waals surface area contributed by atoms with Crippen molar-refractivity contribution in [1.29, 1.82) is 0 Å². The van der Waals surface area contributed by atoms with E-state index in [1.165, 1.54) is 9.40 Å². The van der Waals surface area contributed by atoms with Crippen molar-refractivity contribution in [2.45, 2.75) is 13.0 Å². The van der Waals surface area contributed by atoms with Crippen molar-refractivity contribution in [2.24, 2.45) is 0 Å². The lowest BCUT2D eigenvalue weighted by atomic mass is 10.0. The number of fused-ring (bicyclic) bond motifs is 1. The third-order valence-corrected chi connectivity index (χ3v) is 5.48. The normalized spacial score (nSPS) is 13.0. The van der Waals surface area contributed by atoms with E-state index in [4.69, 9.17) is 0 Å². The number of benzene rings is 1. The van der Waals surface area contributed by atoms with Crippen LogP contribution in [0, 0.1) is 18.6 Å². The van der Waals surface area contributed by atoms with Gasteiger partial charge >= 0.3 is 0 Å². The quantitative estimate of drug-likeness (QED) is 0.728. The van der Waals surface area contributed by atoms with Gasteiger partial charge in [-0.2, -0.15) is 0 Å². The molecule has 20 heavy (non-hydrogen) atoms. The molecule has 1 aromatic carbocycles. The van der Waals surface area contributed by atoms with Crippen LogP contribution < -0.4 is 5.32 Å². The van der Waals surface area contributed by atoms with Gasteiger partial charge in [0.15, 0.2) is 0 Å². The topological polar surface area (TPSA) is 12.0 Å². The highest BCUT2D eigenvalue weighted by Crippen LogP contribution is 2.36. The van der Waals surface area contributed by atoms with E-state index in [1.54, 1.807) is 42.7 Å². The lowest BCUT2D eigenvalue weighted by molar-refractivity contribution is 0.549. The van der Waals surface area contributed by atoms with Gasteiger partial charge in [-0.3, -0.25) is 0 Å². The summed E-state index contributed by atoms with van der Waals surface area (Å²) in [6.45, 7) is 1.65. The molecule has 2 aromatic heterocycles. The molecule has 0 amide bonds. The van der Waals surface area contributed by atoms with Gasteiger partial charge in [-0.05, 0) is 43.1 Å². The molecule has 1 atom stereocenters. The Morgan fingerprint density at radius 2 is 1.90 bits per heavy atom. The van der Waals surface area contributed by atoms with Crippen molar-refractivity contribution in [3.05, 3.63) is 57.3 Å². The Morgan fingerprint density at radius 1 is 1.10 bits per heavy atom. The summed E-state index contributed by atoms with van der Waals surface area (Å²) in [6, 6.07) is 6.43. The zero-order valence-electron chi connectivity index (χ0n) is 11.0. The molecule has 0 aliphatic carbocycles. The zero-order chi connectivity index (χ0) is 14.3. The van der Waals surface area contributed by atoms with Gasteiger partial charge in [0.05, 0.1) is 6.04 Å². The molecule has 2 heterocycles. The minimum atomic E-state index is -0.510. The molecule has 3 aromatic rings. The SMILES string of the molecule is CNC(c1cc2sccc2s1)c1cc(C)c(F)cc1F. The van der Waals surface area contributed by atoms with Crippen LogP contribution in [0.15, 0.2) is 29.6 Å². The maximum Gasteiger partial charge on any atom is 0.131 e. The summed E-state index contributed by atoms with van der Waals surface area (Å²) in [6.07, 6.45) is 0. The van der Waals surface area contributed by atoms with Gasteiger partial charge in [0.1, 0.15) is 11.6 Å². The Labute approximate surface area is 123 Å². The van der Waals surface area contributed by atoms with Crippen LogP contribution in [-0.4, -0.2) is 7.05 Å². The van der Waals surface area contributed by atoms with Gasteiger partial charge in [0, 0.05) is 25.9 Å². The van der Waals surface area contributed by atoms with E-state index in [0.717, 1.165) is 10.9 Å². The average molecular weight is 309 g/mol. The standard InChI is InChI=1S/C15H13F2NS2/c1-8-5-9(11(17)6-10(8)16)15(18-2)14-7-13-12(20-14)3-4-19-13/h3-7,15,18H,1-2H3. The predicted octanol–water partition coefficient (Wildman–Crippen LogP) is 4.86. The van der Waals surface area contributed by atoms with Gasteiger partial charge in [-0.1, -0.05) is 0 Å². The van der Waals surface area contributed by atoms with Gasteiger partial charge in [0.2, 0.25) is 0 Å². The number of rotatable bonds is 3. The molecule has 0 spiro atoms. The monoisotopic (exact) mass is 309 g/mol. The van der Waals surface area contributed by atoms with Crippen molar-refractivity contribution in [3.63, 3.8) is 0 Å². The lowest BCUT2D eigenvalue weighted by Gasteiger charge is -2.16. The molecule has 1 unspecified atom stereocenters. The van der Waals surface area contributed by atoms with Crippen molar-refractivity contribution in [2.75, 3.05) is 7.05 Å². The highest BCUT2D eigenvalue weighted by atomic mass is 32.1. The average Bonchev–Trinajstić information content (AvgIpc) is 2.97. The number of aryl methyl sites for hydroxylation is 1. The zero-order valence-corrected chi connectivity index (χ0v) is 12.7. The molecule has 104 valence electrons. The number of hydrogen-bond donors (Lipinski definition) is 1. The summed E-state index contributed by atoms with van der Waals surface area (Å²) in [7, 11) is 1.79. The maximum atomic E-state index is 14.1. The van der Waals surface area contributed by atoms with Gasteiger partial charge in [0.25, 0.3) is 0 Å². The number of hydrogen-bond acceptors (Lipinski definition) is 3. The minimum absolute atomic E-state index is 0.251. The molecule has 5 heteroatoms. The van der Waals surface area contributed by atoms with Gasteiger partial charge in [-0.25, -0.2) is 8.78 Å². The third-order valence-electron chi connectivity index (χ3n) is 3.32. The van der Waals surface area contributed by atoms with E-state index in [-0.39, 0.29) is 6.04 Å². The molecular weight excluding hydrogens is 296 g/mol. The molecule has 0 saturated carbocycles. The molecule has 1 N–H and O–H groups in total. The molecule has 0 radical (unpaired) electrons. The predicted molar refractivity (Wildman–Crippen MR) is 81.7 cm³/mol. The first-order valence-corrected chi connectivity index (χ1v) is 7.89. The highest BCUT2D eigenvalue weighted by molar-refractivity contribution is 7.27. The first-order valence-electron chi connectivity index (χ1n) is 6.20. The van der Waals surface area contributed by atoms with Crippen LogP contribution in [0.5, 0.6) is 0 Å². The van der Waals surface area contributed by atoms with Crippen LogP contribution >= 0.6 is 22.7 Å². The number of halogens is 2. The number of thiophene rings is 2. The molecule has 3 rings (SSSR count). The molecule has 0 aliphatic heterocycles. The second-order valence-electron chi connectivity index (χ2n) is 4.64. The second kappa shape index (κ2) is 5.24. The van der Waals surface area contributed by atoms with E-state index in [2.05, 4.69) is 17.4 Å². The molecule has 0 fully saturated rings. The Kier molecular flexibility index (Phi) is 3.58. The fourth-order valence-electron chi connectivity index (χ4n) is 2.28. The summed E-state index contributed by atoms with van der Waals surface area (Å²) in [5, 5.41) is 5.17. The van der Waals surface area contributed by atoms with Crippen LogP contribution in [0.25, 0.3) is 9.40 Å². The summed E-state index contributed by atoms with van der Waals surface area (Å²) in [4.78, 5) is 1.04. The summed E-state index contributed by atoms with van der Waals surface area (Å²) < 4.78 is 29.9. The van der Waals surface area contributed by atoms with Crippen molar-refractivity contribution < 1.29 is 8.78 Å². The largest absolute Gasteiger partial charge is 0.309 e. The smallest absolute Gasteiger partial charge is 0.131 e. The van der Waals surface area contributed by atoms with Crippen molar-refractivity contribution >= 4 is 32.1 Å². The van der Waals surface area contributed by atoms with E-state index < -0.39 is 11.6 Å². The molecular formula is C15H13F2NS2. The Balaban J connectivity index is 2.09. The van der Waals surface area contributed by atoms with Crippen molar-refractivity contribution in [3.8, 4) is 0 Å².